The predicted octanol–water partition coefficient (Wildman–Crippen LogP) is 2.41. The van der Waals surface area contributed by atoms with Crippen LogP contribution in [0.5, 0.6) is 0 Å². The number of aromatic nitrogens is 2. The molecule has 7 heteroatoms. The highest BCUT2D eigenvalue weighted by Gasteiger charge is 2.18. The standard InChI is InChI=1S/C16H22N4O2S/c1-12-9-10-20(18-12)15-8-6-5-7-14(15)17-16(21)19(3)13(2)11-23(4)22/h5-10,13H,11H2,1-4H3,(H,17,21). The van der Waals surface area contributed by atoms with E-state index < -0.39 is 10.8 Å². The first kappa shape index (κ1) is 17.2. The van der Waals surface area contributed by atoms with Crippen LogP contribution in [0.2, 0.25) is 0 Å². The summed E-state index contributed by atoms with van der Waals surface area (Å²) >= 11 is 0. The first-order chi connectivity index (χ1) is 10.9. The van der Waals surface area contributed by atoms with Gasteiger partial charge in [-0.2, -0.15) is 5.10 Å². The number of hydrogen-bond acceptors (Lipinski definition) is 3. The van der Waals surface area contributed by atoms with Gasteiger partial charge in [0.05, 0.1) is 17.1 Å². The average Bonchev–Trinajstić information content (AvgIpc) is 2.92. The second-order valence-corrected chi connectivity index (χ2v) is 7.03. The minimum absolute atomic E-state index is 0.111. The molecule has 1 heterocycles. The Morgan fingerprint density at radius 1 is 1.39 bits per heavy atom. The van der Waals surface area contributed by atoms with Crippen molar-refractivity contribution in [3.05, 3.63) is 42.2 Å². The van der Waals surface area contributed by atoms with Gasteiger partial charge in [0.25, 0.3) is 0 Å². The molecular formula is C16H22N4O2S. The first-order valence-electron chi connectivity index (χ1n) is 7.34. The quantitative estimate of drug-likeness (QED) is 0.913. The second-order valence-electron chi connectivity index (χ2n) is 5.55. The van der Waals surface area contributed by atoms with Crippen molar-refractivity contribution in [2.24, 2.45) is 0 Å². The fourth-order valence-electron chi connectivity index (χ4n) is 2.18. The summed E-state index contributed by atoms with van der Waals surface area (Å²) < 4.78 is 13.1. The number of nitrogens with zero attached hydrogens (tertiary/aromatic N) is 3. The van der Waals surface area contributed by atoms with Crippen molar-refractivity contribution in [3.8, 4) is 5.69 Å². The Kier molecular flexibility index (Phi) is 5.54. The third-order valence-electron chi connectivity index (χ3n) is 3.57. The molecule has 0 radical (unpaired) electrons. The third kappa shape index (κ3) is 4.41. The number of anilines is 1. The Hall–Kier alpha value is -2.15. The molecule has 0 aliphatic heterocycles. The minimum Gasteiger partial charge on any atom is -0.324 e. The van der Waals surface area contributed by atoms with Gasteiger partial charge in [-0.15, -0.1) is 0 Å². The van der Waals surface area contributed by atoms with Crippen LogP contribution < -0.4 is 5.32 Å². The van der Waals surface area contributed by atoms with E-state index >= 15 is 0 Å². The monoisotopic (exact) mass is 334 g/mol. The van der Waals surface area contributed by atoms with Crippen molar-refractivity contribution in [3.63, 3.8) is 0 Å². The van der Waals surface area contributed by atoms with Crippen LogP contribution in [0, 0.1) is 6.92 Å². The molecule has 0 saturated carbocycles. The number of carbonyl (C=O) groups is 1. The van der Waals surface area contributed by atoms with Crippen LogP contribution >= 0.6 is 0 Å². The molecule has 0 spiro atoms. The summed E-state index contributed by atoms with van der Waals surface area (Å²) in [6, 6.07) is 9.05. The maximum Gasteiger partial charge on any atom is 0.321 e. The summed E-state index contributed by atoms with van der Waals surface area (Å²) in [4.78, 5) is 14.0. The molecule has 0 saturated heterocycles. The number of benzene rings is 1. The molecular weight excluding hydrogens is 312 g/mol. The maximum absolute atomic E-state index is 12.4. The van der Waals surface area contributed by atoms with Crippen molar-refractivity contribution >= 4 is 22.5 Å². The van der Waals surface area contributed by atoms with Gasteiger partial charge in [0.15, 0.2) is 0 Å². The van der Waals surface area contributed by atoms with Crippen molar-refractivity contribution in [1.29, 1.82) is 0 Å². The molecule has 1 N–H and O–H groups in total. The van der Waals surface area contributed by atoms with Crippen LogP contribution in [0.1, 0.15) is 12.6 Å². The minimum atomic E-state index is -0.946. The van der Waals surface area contributed by atoms with Crippen LogP contribution in [-0.2, 0) is 10.8 Å². The highest BCUT2D eigenvalue weighted by atomic mass is 32.2. The van der Waals surface area contributed by atoms with Crippen molar-refractivity contribution < 1.29 is 9.00 Å². The Bertz CT molecular complexity index is 714. The van der Waals surface area contributed by atoms with E-state index in [1.54, 1.807) is 22.9 Å². The molecule has 2 atom stereocenters. The second kappa shape index (κ2) is 7.41. The summed E-state index contributed by atoms with van der Waals surface area (Å²) in [7, 11) is 0.756. The van der Waals surface area contributed by atoms with E-state index in [0.717, 1.165) is 11.4 Å². The van der Waals surface area contributed by atoms with Gasteiger partial charge in [0.1, 0.15) is 0 Å². The number of hydrogen-bond donors (Lipinski definition) is 1. The molecule has 23 heavy (non-hydrogen) atoms. The molecule has 1 aromatic heterocycles. The summed E-state index contributed by atoms with van der Waals surface area (Å²) in [6.07, 6.45) is 3.49. The molecule has 124 valence electrons. The number of aryl methyl sites for hydroxylation is 1. The van der Waals surface area contributed by atoms with Gasteiger partial charge in [-0.25, -0.2) is 9.48 Å². The number of para-hydroxylation sites is 2. The molecule has 0 fully saturated rings. The molecule has 0 aliphatic carbocycles. The van der Waals surface area contributed by atoms with Crippen molar-refractivity contribution in [2.75, 3.05) is 24.4 Å². The van der Waals surface area contributed by atoms with E-state index in [1.165, 1.54) is 0 Å². The lowest BCUT2D eigenvalue weighted by molar-refractivity contribution is 0.212. The van der Waals surface area contributed by atoms with Gasteiger partial charge in [-0.1, -0.05) is 12.1 Å². The van der Waals surface area contributed by atoms with Crippen LogP contribution in [-0.4, -0.2) is 50.0 Å². The number of nitrogens with one attached hydrogen (secondary N) is 1. The fourth-order valence-corrected chi connectivity index (χ4v) is 3.09. The predicted molar refractivity (Wildman–Crippen MR) is 93.5 cm³/mol. The Labute approximate surface area is 138 Å². The summed E-state index contributed by atoms with van der Waals surface area (Å²) in [5, 5.41) is 7.28. The molecule has 2 rings (SSSR count). The zero-order valence-electron chi connectivity index (χ0n) is 13.8. The summed E-state index contributed by atoms with van der Waals surface area (Å²) in [5.74, 6) is 0.448. The lowest BCUT2D eigenvalue weighted by Crippen LogP contribution is -2.41. The average molecular weight is 334 g/mol. The lowest BCUT2D eigenvalue weighted by Gasteiger charge is -2.25. The van der Waals surface area contributed by atoms with Gasteiger partial charge in [-0.3, -0.25) is 4.21 Å². The van der Waals surface area contributed by atoms with Crippen LogP contribution in [0.4, 0.5) is 10.5 Å². The molecule has 2 unspecified atom stereocenters. The zero-order valence-corrected chi connectivity index (χ0v) is 14.6. The molecule has 0 aliphatic rings. The van der Waals surface area contributed by atoms with Gasteiger partial charge < -0.3 is 10.2 Å². The van der Waals surface area contributed by atoms with Crippen LogP contribution in [0.3, 0.4) is 0 Å². The number of urea groups is 1. The summed E-state index contributed by atoms with van der Waals surface area (Å²) in [6.45, 7) is 3.79. The Balaban J connectivity index is 2.17. The highest BCUT2D eigenvalue weighted by Crippen LogP contribution is 2.20. The fraction of sp³-hybridized carbons (Fsp3) is 0.375. The first-order valence-corrected chi connectivity index (χ1v) is 9.06. The largest absolute Gasteiger partial charge is 0.324 e. The van der Waals surface area contributed by atoms with Crippen LogP contribution in [0.25, 0.3) is 5.69 Å². The Morgan fingerprint density at radius 2 is 2.09 bits per heavy atom. The van der Waals surface area contributed by atoms with Gasteiger partial charge >= 0.3 is 6.03 Å². The summed E-state index contributed by atoms with van der Waals surface area (Å²) in [5.41, 5.74) is 2.38. The third-order valence-corrected chi connectivity index (χ3v) is 4.52. The van der Waals surface area contributed by atoms with E-state index in [0.29, 0.717) is 11.4 Å². The molecule has 0 bridgehead atoms. The SMILES string of the molecule is Cc1ccn(-c2ccccc2NC(=O)N(C)C(C)CS(C)=O)n1. The van der Waals surface area contributed by atoms with E-state index in [1.807, 2.05) is 50.4 Å². The lowest BCUT2D eigenvalue weighted by atomic mass is 10.2. The van der Waals surface area contributed by atoms with Crippen LogP contribution in [0.15, 0.2) is 36.5 Å². The van der Waals surface area contributed by atoms with E-state index in [2.05, 4.69) is 10.4 Å². The topological polar surface area (TPSA) is 67.2 Å². The van der Waals surface area contributed by atoms with E-state index in [9.17, 15) is 9.00 Å². The highest BCUT2D eigenvalue weighted by molar-refractivity contribution is 7.84. The smallest absolute Gasteiger partial charge is 0.321 e. The Morgan fingerprint density at radius 3 is 2.70 bits per heavy atom. The molecule has 2 aromatic rings. The number of carbonyl (C=O) groups excluding carboxylic acids is 1. The molecule has 6 nitrogen and oxygen atoms in total. The van der Waals surface area contributed by atoms with Crippen molar-refractivity contribution in [1.82, 2.24) is 14.7 Å². The van der Waals surface area contributed by atoms with Crippen molar-refractivity contribution in [2.45, 2.75) is 19.9 Å². The van der Waals surface area contributed by atoms with E-state index in [-0.39, 0.29) is 12.1 Å². The van der Waals surface area contributed by atoms with Gasteiger partial charge in [0.2, 0.25) is 0 Å². The van der Waals surface area contributed by atoms with Gasteiger partial charge in [-0.05, 0) is 32.0 Å². The normalized spacial score (nSPS) is 13.4. The molecule has 2 amide bonds. The number of rotatable bonds is 5. The van der Waals surface area contributed by atoms with Gasteiger partial charge in [0, 0.05) is 42.1 Å². The molecule has 1 aromatic carbocycles. The maximum atomic E-state index is 12.4. The van der Waals surface area contributed by atoms with E-state index in [4.69, 9.17) is 0 Å². The number of amides is 2. The zero-order chi connectivity index (χ0) is 17.0.